The van der Waals surface area contributed by atoms with Gasteiger partial charge in [-0.1, -0.05) is 38.1 Å². The number of nitrogens with one attached hydrogen (secondary N) is 1. The summed E-state index contributed by atoms with van der Waals surface area (Å²) in [5.41, 5.74) is 3.85. The van der Waals surface area contributed by atoms with Crippen molar-refractivity contribution in [1.82, 2.24) is 14.9 Å². The first-order chi connectivity index (χ1) is 16.6. The molecule has 3 rings (SSSR count). The van der Waals surface area contributed by atoms with Crippen molar-refractivity contribution in [3.05, 3.63) is 71.8 Å². The molecule has 3 aromatic rings. The smallest absolute Gasteiger partial charge is 0.320 e. The first-order valence-electron chi connectivity index (χ1n) is 11.8. The summed E-state index contributed by atoms with van der Waals surface area (Å²) in [5.74, 6) is 0.370. The van der Waals surface area contributed by atoms with Gasteiger partial charge in [0, 0.05) is 29.8 Å². The van der Waals surface area contributed by atoms with Gasteiger partial charge in [-0.05, 0) is 56.7 Å². The minimum atomic E-state index is -0.507. The van der Waals surface area contributed by atoms with E-state index >= 15 is 0 Å². The third kappa shape index (κ3) is 7.10. The molecule has 0 saturated heterocycles. The van der Waals surface area contributed by atoms with Crippen LogP contribution >= 0.6 is 0 Å². The molecule has 6 nitrogen and oxygen atoms in total. The number of nitrogens with zero attached hydrogens (tertiary/aromatic N) is 2. The zero-order valence-electron chi connectivity index (χ0n) is 21.0. The summed E-state index contributed by atoms with van der Waals surface area (Å²) >= 11 is 0. The first kappa shape index (κ1) is 26.3. The van der Waals surface area contributed by atoms with Crippen molar-refractivity contribution in [2.45, 2.75) is 52.7 Å². The van der Waals surface area contributed by atoms with E-state index in [-0.39, 0.29) is 30.9 Å². The molecule has 0 atom stereocenters. The van der Waals surface area contributed by atoms with Crippen LogP contribution in [-0.2, 0) is 16.1 Å². The van der Waals surface area contributed by atoms with Crippen LogP contribution in [0.25, 0.3) is 28.7 Å². The molecule has 7 heteroatoms. The Balaban J connectivity index is 1.90. The van der Waals surface area contributed by atoms with Crippen LogP contribution in [0.3, 0.4) is 0 Å². The summed E-state index contributed by atoms with van der Waals surface area (Å²) in [6, 6.07) is 14.3. The molecule has 0 fully saturated rings. The van der Waals surface area contributed by atoms with E-state index < -0.39 is 5.60 Å². The van der Waals surface area contributed by atoms with E-state index in [4.69, 9.17) is 9.72 Å². The highest BCUT2D eigenvalue weighted by Gasteiger charge is 2.21. The maximum atomic E-state index is 13.6. The molecule has 0 radical (unpaired) electrons. The van der Waals surface area contributed by atoms with Gasteiger partial charge in [-0.15, -0.1) is 0 Å². The summed E-state index contributed by atoms with van der Waals surface area (Å²) < 4.78 is 20.9. The number of carbonyl (C=O) groups excluding carboxylic acids is 1. The van der Waals surface area contributed by atoms with E-state index in [0.717, 1.165) is 33.9 Å². The molecule has 0 bridgehead atoms. The number of imidazole rings is 1. The van der Waals surface area contributed by atoms with Crippen LogP contribution in [-0.4, -0.2) is 39.4 Å². The molecule has 1 aromatic heterocycles. The Morgan fingerprint density at radius 1 is 1.11 bits per heavy atom. The number of esters is 1. The van der Waals surface area contributed by atoms with Gasteiger partial charge in [-0.3, -0.25) is 4.79 Å². The second kappa shape index (κ2) is 11.4. The fraction of sp³-hybridized carbons (Fsp3) is 0.357. The normalized spacial score (nSPS) is 12.0. The standard InChI is InChI=1S/C28H34FN3O3/c1-19(2)27-31-25(26(32(27)15-6-16-33)22-11-13-23(29)14-12-22)21-9-7-20(8-10-21)17-30-18-24(34)35-28(3,4)5/h6-15,19,30,33H,16-18H2,1-5H3/b15-6+. The minimum absolute atomic E-state index is 0.0983. The second-order valence-electron chi connectivity index (χ2n) is 9.65. The quantitative estimate of drug-likeness (QED) is 0.403. The van der Waals surface area contributed by atoms with Crippen molar-refractivity contribution in [3.63, 3.8) is 0 Å². The average Bonchev–Trinajstić information content (AvgIpc) is 3.17. The largest absolute Gasteiger partial charge is 0.459 e. The predicted molar refractivity (Wildman–Crippen MR) is 137 cm³/mol. The Labute approximate surface area is 206 Å². The highest BCUT2D eigenvalue weighted by Crippen LogP contribution is 2.35. The van der Waals surface area contributed by atoms with Gasteiger partial charge in [0.05, 0.1) is 24.5 Å². The summed E-state index contributed by atoms with van der Waals surface area (Å²) in [6.07, 6.45) is 3.46. The van der Waals surface area contributed by atoms with Crippen LogP contribution in [0.4, 0.5) is 4.39 Å². The Morgan fingerprint density at radius 2 is 1.74 bits per heavy atom. The van der Waals surface area contributed by atoms with Crippen LogP contribution in [0.5, 0.6) is 0 Å². The van der Waals surface area contributed by atoms with Crippen molar-refractivity contribution >= 4 is 12.2 Å². The number of aromatic nitrogens is 2. The molecule has 1 heterocycles. The third-order valence-electron chi connectivity index (χ3n) is 5.18. The van der Waals surface area contributed by atoms with Crippen LogP contribution in [0.2, 0.25) is 0 Å². The molecule has 2 aromatic carbocycles. The molecular formula is C28H34FN3O3. The number of aliphatic hydroxyl groups is 1. The van der Waals surface area contributed by atoms with E-state index in [1.165, 1.54) is 12.1 Å². The number of benzene rings is 2. The highest BCUT2D eigenvalue weighted by molar-refractivity contribution is 5.81. The molecule has 0 unspecified atom stereocenters. The van der Waals surface area contributed by atoms with Gasteiger partial charge < -0.3 is 19.7 Å². The number of ether oxygens (including phenoxy) is 1. The molecule has 186 valence electrons. The van der Waals surface area contributed by atoms with Gasteiger partial charge >= 0.3 is 5.97 Å². The maximum absolute atomic E-state index is 13.6. The Bertz CT molecular complexity index is 1160. The van der Waals surface area contributed by atoms with E-state index in [0.29, 0.717) is 6.54 Å². The second-order valence-corrected chi connectivity index (χ2v) is 9.65. The lowest BCUT2D eigenvalue weighted by Gasteiger charge is -2.19. The molecule has 0 aliphatic carbocycles. The third-order valence-corrected chi connectivity index (χ3v) is 5.18. The van der Waals surface area contributed by atoms with Crippen molar-refractivity contribution in [2.75, 3.05) is 13.2 Å². The lowest BCUT2D eigenvalue weighted by atomic mass is 10.0. The molecule has 0 aliphatic rings. The van der Waals surface area contributed by atoms with E-state index in [2.05, 4.69) is 19.2 Å². The van der Waals surface area contributed by atoms with Gasteiger partial charge in [-0.25, -0.2) is 9.37 Å². The molecule has 0 spiro atoms. The van der Waals surface area contributed by atoms with E-state index in [9.17, 15) is 14.3 Å². The molecular weight excluding hydrogens is 445 g/mol. The summed E-state index contributed by atoms with van der Waals surface area (Å²) in [4.78, 5) is 16.8. The number of hydrogen-bond acceptors (Lipinski definition) is 5. The molecule has 0 saturated carbocycles. The Hall–Kier alpha value is -3.29. The van der Waals surface area contributed by atoms with Gasteiger partial charge in [0.1, 0.15) is 17.2 Å². The summed E-state index contributed by atoms with van der Waals surface area (Å²) in [6.45, 7) is 10.2. The first-order valence-corrected chi connectivity index (χ1v) is 11.8. The van der Waals surface area contributed by atoms with E-state index in [1.807, 2.05) is 49.6 Å². The van der Waals surface area contributed by atoms with Crippen LogP contribution in [0.1, 0.15) is 51.9 Å². The number of hydrogen-bond donors (Lipinski definition) is 2. The van der Waals surface area contributed by atoms with Crippen molar-refractivity contribution in [2.24, 2.45) is 0 Å². The lowest BCUT2D eigenvalue weighted by molar-refractivity contribution is -0.153. The predicted octanol–water partition coefficient (Wildman–Crippen LogP) is 5.37. The lowest BCUT2D eigenvalue weighted by Crippen LogP contribution is -2.31. The number of aliphatic hydroxyl groups excluding tert-OH is 1. The summed E-state index contributed by atoms with van der Waals surface area (Å²) in [7, 11) is 0. The SMILES string of the molecule is CC(C)c1nc(-c2ccc(CNCC(=O)OC(C)(C)C)cc2)c(-c2ccc(F)cc2)n1/C=C/CO. The molecule has 2 N–H and O–H groups in total. The van der Waals surface area contributed by atoms with Gasteiger partial charge in [0.2, 0.25) is 0 Å². The van der Waals surface area contributed by atoms with E-state index in [1.54, 1.807) is 24.4 Å². The van der Waals surface area contributed by atoms with Crippen LogP contribution in [0, 0.1) is 5.82 Å². The van der Waals surface area contributed by atoms with Crippen molar-refractivity contribution in [3.8, 4) is 22.5 Å². The molecule has 0 aliphatic heterocycles. The fourth-order valence-corrected chi connectivity index (χ4v) is 3.71. The summed E-state index contributed by atoms with van der Waals surface area (Å²) in [5, 5.41) is 12.5. The molecule has 0 amide bonds. The monoisotopic (exact) mass is 479 g/mol. The van der Waals surface area contributed by atoms with Crippen LogP contribution in [0.15, 0.2) is 54.6 Å². The van der Waals surface area contributed by atoms with Gasteiger partial charge in [-0.2, -0.15) is 0 Å². The minimum Gasteiger partial charge on any atom is -0.459 e. The van der Waals surface area contributed by atoms with Crippen LogP contribution < -0.4 is 5.32 Å². The Kier molecular flexibility index (Phi) is 8.59. The topological polar surface area (TPSA) is 76.4 Å². The average molecular weight is 480 g/mol. The maximum Gasteiger partial charge on any atom is 0.320 e. The number of carbonyl (C=O) groups is 1. The zero-order chi connectivity index (χ0) is 25.6. The van der Waals surface area contributed by atoms with Gasteiger partial charge in [0.15, 0.2) is 0 Å². The number of halogens is 1. The Morgan fingerprint density at radius 3 is 2.31 bits per heavy atom. The fourth-order valence-electron chi connectivity index (χ4n) is 3.71. The number of rotatable bonds is 9. The van der Waals surface area contributed by atoms with Crippen molar-refractivity contribution < 1.29 is 19.0 Å². The zero-order valence-corrected chi connectivity index (χ0v) is 21.0. The highest BCUT2D eigenvalue weighted by atomic mass is 19.1. The van der Waals surface area contributed by atoms with Gasteiger partial charge in [0.25, 0.3) is 0 Å². The van der Waals surface area contributed by atoms with Crippen molar-refractivity contribution in [1.29, 1.82) is 0 Å². The molecule has 35 heavy (non-hydrogen) atoms.